The van der Waals surface area contributed by atoms with Gasteiger partial charge in [0.2, 0.25) is 0 Å². The van der Waals surface area contributed by atoms with Crippen molar-refractivity contribution in [1.29, 1.82) is 0 Å². The minimum atomic E-state index is 1.00. The molecule has 78 valence electrons. The lowest BCUT2D eigenvalue weighted by Crippen LogP contribution is -2.15. The standard InChI is InChI=1S/C14H17N/c1-4-6-10-13(5-2)15(3)14-11-8-7-9-12-14/h4-5,7-8,11H,1,6,10H2,2-3H3/b13-5+. The van der Waals surface area contributed by atoms with Crippen LogP contribution in [0.15, 0.2) is 59.8 Å². The molecule has 0 aromatic heterocycles. The normalized spacial score (nSPS) is 14.0. The molecule has 0 heterocycles. The molecule has 0 aliphatic heterocycles. The second kappa shape index (κ2) is 5.93. The maximum Gasteiger partial charge on any atom is 0.0922 e. The van der Waals surface area contributed by atoms with Crippen molar-refractivity contribution in [2.45, 2.75) is 19.8 Å². The van der Waals surface area contributed by atoms with Crippen LogP contribution in [0.1, 0.15) is 19.8 Å². The summed E-state index contributed by atoms with van der Waals surface area (Å²) in [6.45, 7) is 5.80. The lowest BCUT2D eigenvalue weighted by atomic mass is 10.2. The maximum absolute atomic E-state index is 3.74. The van der Waals surface area contributed by atoms with Gasteiger partial charge in [0, 0.05) is 12.7 Å². The van der Waals surface area contributed by atoms with Crippen LogP contribution in [-0.2, 0) is 0 Å². The van der Waals surface area contributed by atoms with Crippen LogP contribution in [-0.4, -0.2) is 11.9 Å². The van der Waals surface area contributed by atoms with Crippen molar-refractivity contribution in [2.75, 3.05) is 7.05 Å². The minimum Gasteiger partial charge on any atom is -0.342 e. The molecule has 1 aliphatic rings. The largest absolute Gasteiger partial charge is 0.342 e. The highest BCUT2D eigenvalue weighted by Gasteiger charge is 2.06. The fourth-order valence-electron chi connectivity index (χ4n) is 1.45. The molecule has 0 radical (unpaired) electrons. The second-order valence-corrected chi connectivity index (χ2v) is 3.35. The Bertz CT molecular complexity index is 384. The van der Waals surface area contributed by atoms with E-state index in [0.29, 0.717) is 0 Å². The Labute approximate surface area is 92.1 Å². The first kappa shape index (κ1) is 11.4. The van der Waals surface area contributed by atoms with Crippen LogP contribution in [0.4, 0.5) is 0 Å². The molecule has 0 aromatic carbocycles. The van der Waals surface area contributed by atoms with Crippen LogP contribution in [0.5, 0.6) is 0 Å². The predicted octanol–water partition coefficient (Wildman–Crippen LogP) is 3.55. The first-order valence-electron chi connectivity index (χ1n) is 5.17. The van der Waals surface area contributed by atoms with Crippen molar-refractivity contribution >= 4 is 0 Å². The molecular weight excluding hydrogens is 182 g/mol. The van der Waals surface area contributed by atoms with Gasteiger partial charge in [-0.3, -0.25) is 0 Å². The van der Waals surface area contributed by atoms with Gasteiger partial charge < -0.3 is 4.90 Å². The summed E-state index contributed by atoms with van der Waals surface area (Å²) in [5, 5.41) is 0. The highest BCUT2D eigenvalue weighted by Crippen LogP contribution is 2.16. The third kappa shape index (κ3) is 3.18. The van der Waals surface area contributed by atoms with Crippen molar-refractivity contribution in [3.05, 3.63) is 59.8 Å². The quantitative estimate of drug-likeness (QED) is 0.483. The monoisotopic (exact) mass is 199 g/mol. The van der Waals surface area contributed by atoms with Crippen LogP contribution < -0.4 is 0 Å². The number of nitrogens with zero attached hydrogens (tertiary/aromatic N) is 1. The Balaban J connectivity index is 2.78. The van der Waals surface area contributed by atoms with E-state index in [1.54, 1.807) is 0 Å². The first-order valence-corrected chi connectivity index (χ1v) is 5.17. The van der Waals surface area contributed by atoms with Gasteiger partial charge in [-0.1, -0.05) is 24.0 Å². The van der Waals surface area contributed by atoms with E-state index in [2.05, 4.69) is 43.0 Å². The summed E-state index contributed by atoms with van der Waals surface area (Å²) >= 11 is 0. The summed E-state index contributed by atoms with van der Waals surface area (Å²) in [5.74, 6) is 0. The van der Waals surface area contributed by atoms with Gasteiger partial charge in [-0.05, 0) is 37.6 Å². The van der Waals surface area contributed by atoms with E-state index in [1.807, 2.05) is 24.3 Å². The third-order valence-corrected chi connectivity index (χ3v) is 2.36. The smallest absolute Gasteiger partial charge is 0.0922 e. The highest BCUT2D eigenvalue weighted by atomic mass is 15.1. The van der Waals surface area contributed by atoms with Crippen molar-refractivity contribution in [2.24, 2.45) is 0 Å². The van der Waals surface area contributed by atoms with Crippen molar-refractivity contribution in [1.82, 2.24) is 4.90 Å². The van der Waals surface area contributed by atoms with E-state index in [1.165, 1.54) is 5.70 Å². The number of likely N-dealkylation sites (N-methyl/N-ethyl adjacent to an activating group) is 1. The predicted molar refractivity (Wildman–Crippen MR) is 65.2 cm³/mol. The molecule has 1 heteroatoms. The molecule has 0 spiro atoms. The lowest BCUT2D eigenvalue weighted by Gasteiger charge is -2.22. The van der Waals surface area contributed by atoms with Gasteiger partial charge in [0.25, 0.3) is 0 Å². The first-order chi connectivity index (χ1) is 7.29. The molecule has 0 amide bonds. The molecule has 0 N–H and O–H groups in total. The molecule has 1 rings (SSSR count). The van der Waals surface area contributed by atoms with E-state index in [0.717, 1.165) is 18.5 Å². The third-order valence-electron chi connectivity index (χ3n) is 2.36. The molecule has 0 saturated carbocycles. The average Bonchev–Trinajstić information content (AvgIpc) is 2.31. The Morgan fingerprint density at radius 1 is 1.60 bits per heavy atom. The summed E-state index contributed by atoms with van der Waals surface area (Å²) in [6, 6.07) is 0. The fraction of sp³-hybridized carbons (Fsp3) is 0.286. The van der Waals surface area contributed by atoms with Crippen LogP contribution in [0.25, 0.3) is 0 Å². The summed E-state index contributed by atoms with van der Waals surface area (Å²) in [7, 11) is 2.05. The van der Waals surface area contributed by atoms with E-state index < -0.39 is 0 Å². The summed E-state index contributed by atoms with van der Waals surface area (Å²) in [5.41, 5.74) is 8.39. The molecule has 1 aliphatic carbocycles. The zero-order valence-corrected chi connectivity index (χ0v) is 9.46. The number of allylic oxidation sites excluding steroid dienone is 6. The topological polar surface area (TPSA) is 3.24 Å². The number of hydrogen-bond donors (Lipinski definition) is 0. The highest BCUT2D eigenvalue weighted by molar-refractivity contribution is 5.27. The second-order valence-electron chi connectivity index (χ2n) is 3.35. The Morgan fingerprint density at radius 3 is 2.93 bits per heavy atom. The molecule has 1 nitrogen and oxygen atoms in total. The average molecular weight is 199 g/mol. The van der Waals surface area contributed by atoms with Gasteiger partial charge in [-0.15, -0.1) is 6.58 Å². The van der Waals surface area contributed by atoms with Gasteiger partial charge in [0.1, 0.15) is 0 Å². The molecule has 0 bridgehead atoms. The number of hydrogen-bond acceptors (Lipinski definition) is 1. The Hall–Kier alpha value is -1.68. The summed E-state index contributed by atoms with van der Waals surface area (Å²) in [6.07, 6.45) is 12.0. The molecule has 0 unspecified atom stereocenters. The zero-order valence-electron chi connectivity index (χ0n) is 9.46. The van der Waals surface area contributed by atoms with Crippen molar-refractivity contribution in [3.8, 4) is 0 Å². The molecular formula is C14H17N. The molecule has 15 heavy (non-hydrogen) atoms. The van der Waals surface area contributed by atoms with Crippen molar-refractivity contribution < 1.29 is 0 Å². The minimum absolute atomic E-state index is 1.00. The molecule has 0 fully saturated rings. The van der Waals surface area contributed by atoms with E-state index in [4.69, 9.17) is 0 Å². The van der Waals surface area contributed by atoms with Crippen LogP contribution in [0.3, 0.4) is 0 Å². The van der Waals surface area contributed by atoms with Gasteiger partial charge in [-0.25, -0.2) is 0 Å². The van der Waals surface area contributed by atoms with E-state index in [-0.39, 0.29) is 0 Å². The fourth-order valence-corrected chi connectivity index (χ4v) is 1.45. The number of rotatable bonds is 5. The van der Waals surface area contributed by atoms with Gasteiger partial charge in [-0.2, -0.15) is 0 Å². The Morgan fingerprint density at radius 2 is 2.40 bits per heavy atom. The van der Waals surface area contributed by atoms with E-state index >= 15 is 0 Å². The van der Waals surface area contributed by atoms with E-state index in [9.17, 15) is 0 Å². The molecule has 0 atom stereocenters. The molecule has 0 saturated heterocycles. The van der Waals surface area contributed by atoms with Gasteiger partial charge in [0.05, 0.1) is 5.70 Å². The molecule has 0 aromatic rings. The SMILES string of the molecule is C=CCC/C(=C\C)N(C)C1=C=C=CC=C1. The zero-order chi connectivity index (χ0) is 11.1. The Kier molecular flexibility index (Phi) is 4.50. The van der Waals surface area contributed by atoms with Crippen LogP contribution >= 0.6 is 0 Å². The van der Waals surface area contributed by atoms with Gasteiger partial charge >= 0.3 is 0 Å². The summed E-state index contributed by atoms with van der Waals surface area (Å²) in [4.78, 5) is 2.14. The lowest BCUT2D eigenvalue weighted by molar-refractivity contribution is 0.509. The van der Waals surface area contributed by atoms with Crippen LogP contribution in [0, 0.1) is 0 Å². The summed E-state index contributed by atoms with van der Waals surface area (Å²) < 4.78 is 0. The van der Waals surface area contributed by atoms with Crippen molar-refractivity contribution in [3.63, 3.8) is 0 Å². The van der Waals surface area contributed by atoms with Crippen LogP contribution in [0.2, 0.25) is 0 Å². The maximum atomic E-state index is 3.74. The van der Waals surface area contributed by atoms with Gasteiger partial charge in [0.15, 0.2) is 0 Å².